The van der Waals surface area contributed by atoms with Crippen LogP contribution in [0.5, 0.6) is 0 Å². The van der Waals surface area contributed by atoms with Crippen molar-refractivity contribution in [3.63, 3.8) is 0 Å². The lowest BCUT2D eigenvalue weighted by Crippen LogP contribution is -2.02. The molecule has 19 heavy (non-hydrogen) atoms. The van der Waals surface area contributed by atoms with Crippen molar-refractivity contribution in [2.45, 2.75) is 20.4 Å². The lowest BCUT2D eigenvalue weighted by molar-refractivity contribution is 0.619. The Morgan fingerprint density at radius 2 is 2.05 bits per heavy atom. The first-order valence-electron chi connectivity index (χ1n) is 6.08. The van der Waals surface area contributed by atoms with Gasteiger partial charge in [0.1, 0.15) is 17.6 Å². The van der Waals surface area contributed by atoms with Crippen molar-refractivity contribution in [1.29, 1.82) is 5.26 Å². The van der Waals surface area contributed by atoms with Gasteiger partial charge in [-0.1, -0.05) is 6.07 Å². The summed E-state index contributed by atoms with van der Waals surface area (Å²) in [6.45, 7) is 4.27. The van der Waals surface area contributed by atoms with E-state index in [1.54, 1.807) is 13.0 Å². The Hall–Kier alpha value is -2.28. The zero-order chi connectivity index (χ0) is 14.0. The van der Waals surface area contributed by atoms with Crippen molar-refractivity contribution in [2.75, 3.05) is 5.32 Å². The summed E-state index contributed by atoms with van der Waals surface area (Å²) >= 11 is 0. The Bertz CT molecular complexity index is 650. The molecule has 2 rings (SSSR count). The molecule has 1 aromatic carbocycles. The highest BCUT2D eigenvalue weighted by Crippen LogP contribution is 2.17. The SMILES string of the molecule is Cc1ccc(NCc2cc(C#N)n(C)c2C)cc1F. The zero-order valence-corrected chi connectivity index (χ0v) is 11.3. The highest BCUT2D eigenvalue weighted by molar-refractivity contribution is 5.46. The van der Waals surface area contributed by atoms with Gasteiger partial charge in [0, 0.05) is 25.0 Å². The maximum Gasteiger partial charge on any atom is 0.128 e. The molecule has 0 atom stereocenters. The molecule has 0 aliphatic heterocycles. The van der Waals surface area contributed by atoms with Crippen LogP contribution in [0.1, 0.15) is 22.5 Å². The van der Waals surface area contributed by atoms with Gasteiger partial charge in [-0.2, -0.15) is 5.26 Å². The number of anilines is 1. The highest BCUT2D eigenvalue weighted by atomic mass is 19.1. The van der Waals surface area contributed by atoms with Gasteiger partial charge >= 0.3 is 0 Å². The first-order valence-corrected chi connectivity index (χ1v) is 6.08. The number of aromatic nitrogens is 1. The molecular weight excluding hydrogens is 241 g/mol. The Morgan fingerprint density at radius 3 is 2.63 bits per heavy atom. The molecule has 98 valence electrons. The van der Waals surface area contributed by atoms with E-state index in [-0.39, 0.29) is 5.82 Å². The molecule has 0 aliphatic carbocycles. The van der Waals surface area contributed by atoms with Crippen LogP contribution in [0.2, 0.25) is 0 Å². The van der Waals surface area contributed by atoms with Crippen molar-refractivity contribution in [2.24, 2.45) is 7.05 Å². The van der Waals surface area contributed by atoms with E-state index in [0.717, 1.165) is 16.9 Å². The molecule has 0 saturated carbocycles. The van der Waals surface area contributed by atoms with E-state index >= 15 is 0 Å². The minimum absolute atomic E-state index is 0.215. The van der Waals surface area contributed by atoms with E-state index in [9.17, 15) is 4.39 Å². The predicted molar refractivity (Wildman–Crippen MR) is 73.3 cm³/mol. The molecule has 0 fully saturated rings. The minimum Gasteiger partial charge on any atom is -0.381 e. The predicted octanol–water partition coefficient (Wildman–Crippen LogP) is 3.26. The van der Waals surface area contributed by atoms with Crippen molar-refractivity contribution >= 4 is 5.69 Å². The summed E-state index contributed by atoms with van der Waals surface area (Å²) in [5.74, 6) is -0.215. The second-order valence-electron chi connectivity index (χ2n) is 4.63. The number of hydrogen-bond donors (Lipinski definition) is 1. The van der Waals surface area contributed by atoms with Crippen LogP contribution in [-0.4, -0.2) is 4.57 Å². The van der Waals surface area contributed by atoms with Gasteiger partial charge in [-0.25, -0.2) is 4.39 Å². The van der Waals surface area contributed by atoms with Gasteiger partial charge in [0.2, 0.25) is 0 Å². The first kappa shape index (κ1) is 13.2. The van der Waals surface area contributed by atoms with E-state index in [4.69, 9.17) is 5.26 Å². The molecule has 1 heterocycles. The van der Waals surface area contributed by atoms with Crippen molar-refractivity contribution in [1.82, 2.24) is 4.57 Å². The molecule has 4 heteroatoms. The summed E-state index contributed by atoms with van der Waals surface area (Å²) in [6.07, 6.45) is 0. The third-order valence-electron chi connectivity index (χ3n) is 3.41. The van der Waals surface area contributed by atoms with Crippen LogP contribution in [0.25, 0.3) is 0 Å². The van der Waals surface area contributed by atoms with Gasteiger partial charge in [0.15, 0.2) is 0 Å². The van der Waals surface area contributed by atoms with Crippen LogP contribution in [0, 0.1) is 31.0 Å². The molecule has 0 aliphatic rings. The lowest BCUT2D eigenvalue weighted by atomic mass is 10.2. The van der Waals surface area contributed by atoms with E-state index in [2.05, 4.69) is 11.4 Å². The number of halogens is 1. The molecule has 0 spiro atoms. The van der Waals surface area contributed by atoms with E-state index in [1.165, 1.54) is 6.07 Å². The van der Waals surface area contributed by atoms with Crippen molar-refractivity contribution in [3.05, 3.63) is 52.6 Å². The third kappa shape index (κ3) is 2.60. The monoisotopic (exact) mass is 257 g/mol. The molecule has 2 aromatic rings. The van der Waals surface area contributed by atoms with E-state index in [1.807, 2.05) is 30.7 Å². The molecule has 1 aromatic heterocycles. The summed E-state index contributed by atoms with van der Waals surface area (Å²) in [4.78, 5) is 0. The van der Waals surface area contributed by atoms with Crippen LogP contribution < -0.4 is 5.32 Å². The number of nitrogens with zero attached hydrogens (tertiary/aromatic N) is 2. The van der Waals surface area contributed by atoms with Crippen LogP contribution in [0.4, 0.5) is 10.1 Å². The molecular formula is C15H16FN3. The average Bonchev–Trinajstić information content (AvgIpc) is 2.67. The molecule has 0 saturated heterocycles. The van der Waals surface area contributed by atoms with Crippen LogP contribution in [0.3, 0.4) is 0 Å². The fraction of sp³-hybridized carbons (Fsp3) is 0.267. The smallest absolute Gasteiger partial charge is 0.128 e. The Morgan fingerprint density at radius 1 is 1.32 bits per heavy atom. The van der Waals surface area contributed by atoms with Gasteiger partial charge in [-0.15, -0.1) is 0 Å². The summed E-state index contributed by atoms with van der Waals surface area (Å²) in [5.41, 5.74) is 4.08. The van der Waals surface area contributed by atoms with Gasteiger partial charge in [0.25, 0.3) is 0 Å². The molecule has 3 nitrogen and oxygen atoms in total. The Balaban J connectivity index is 2.15. The molecule has 0 unspecified atom stereocenters. The fourth-order valence-electron chi connectivity index (χ4n) is 1.95. The summed E-state index contributed by atoms with van der Waals surface area (Å²) in [5, 5.41) is 12.1. The van der Waals surface area contributed by atoms with Crippen molar-refractivity contribution < 1.29 is 4.39 Å². The third-order valence-corrected chi connectivity index (χ3v) is 3.41. The van der Waals surface area contributed by atoms with Crippen LogP contribution in [-0.2, 0) is 13.6 Å². The Kier molecular flexibility index (Phi) is 3.57. The summed E-state index contributed by atoms with van der Waals surface area (Å²) in [6, 6.07) is 9.08. The summed E-state index contributed by atoms with van der Waals surface area (Å²) < 4.78 is 15.3. The molecule has 0 bridgehead atoms. The van der Waals surface area contributed by atoms with Crippen LogP contribution in [0.15, 0.2) is 24.3 Å². The van der Waals surface area contributed by atoms with Gasteiger partial charge in [0.05, 0.1) is 0 Å². The standard InChI is InChI=1S/C15H16FN3/c1-10-4-5-13(7-15(10)16)18-9-12-6-14(8-17)19(3)11(12)2/h4-7,18H,9H2,1-3H3. The number of benzene rings is 1. The fourth-order valence-corrected chi connectivity index (χ4v) is 1.95. The quantitative estimate of drug-likeness (QED) is 0.916. The van der Waals surface area contributed by atoms with Crippen molar-refractivity contribution in [3.8, 4) is 6.07 Å². The maximum atomic E-state index is 13.4. The first-order chi connectivity index (χ1) is 9.02. The maximum absolute atomic E-state index is 13.4. The number of rotatable bonds is 3. The minimum atomic E-state index is -0.215. The zero-order valence-electron chi connectivity index (χ0n) is 11.3. The Labute approximate surface area is 112 Å². The number of nitriles is 1. The number of hydrogen-bond acceptors (Lipinski definition) is 2. The second-order valence-corrected chi connectivity index (χ2v) is 4.63. The second kappa shape index (κ2) is 5.15. The van der Waals surface area contributed by atoms with Crippen LogP contribution >= 0.6 is 0 Å². The lowest BCUT2D eigenvalue weighted by Gasteiger charge is -2.07. The normalized spacial score (nSPS) is 10.3. The highest BCUT2D eigenvalue weighted by Gasteiger charge is 2.08. The van der Waals surface area contributed by atoms with E-state index < -0.39 is 0 Å². The average molecular weight is 257 g/mol. The van der Waals surface area contributed by atoms with E-state index in [0.29, 0.717) is 17.8 Å². The number of nitrogens with one attached hydrogen (secondary N) is 1. The van der Waals surface area contributed by atoms with Gasteiger partial charge < -0.3 is 9.88 Å². The van der Waals surface area contributed by atoms with Gasteiger partial charge in [-0.05, 0) is 43.2 Å². The molecule has 0 radical (unpaired) electrons. The van der Waals surface area contributed by atoms with Gasteiger partial charge in [-0.3, -0.25) is 0 Å². The number of aryl methyl sites for hydroxylation is 1. The topological polar surface area (TPSA) is 40.8 Å². The summed E-state index contributed by atoms with van der Waals surface area (Å²) in [7, 11) is 1.86. The molecule has 0 amide bonds. The molecule has 1 N–H and O–H groups in total. The largest absolute Gasteiger partial charge is 0.381 e.